The van der Waals surface area contributed by atoms with E-state index in [1.54, 1.807) is 11.1 Å². The lowest BCUT2D eigenvalue weighted by Crippen LogP contribution is -2.50. The number of anilines is 1. The molecule has 0 bridgehead atoms. The number of nitriles is 1. The molecule has 4 heterocycles. The number of aromatic amines is 1. The summed E-state index contributed by atoms with van der Waals surface area (Å²) in [5.74, 6) is 0.871. The van der Waals surface area contributed by atoms with Crippen molar-refractivity contribution in [3.8, 4) is 17.5 Å². The normalized spacial score (nSPS) is 16.9. The molecule has 160 valence electrons. The van der Waals surface area contributed by atoms with E-state index in [2.05, 4.69) is 25.9 Å². The molecule has 2 fully saturated rings. The number of ether oxygens (including phenoxy) is 1. The molecule has 1 amide bonds. The SMILES string of the molecule is Cc1nc(-c2[nH]c3nccc(N4CCN(C(=O)OC5CCC5)CC4)c3c2C#N)cn1C. The first-order chi connectivity index (χ1) is 15.0. The summed E-state index contributed by atoms with van der Waals surface area (Å²) in [6.45, 7) is 4.46. The number of hydrogen-bond donors (Lipinski definition) is 1. The van der Waals surface area contributed by atoms with Gasteiger partial charge in [0.2, 0.25) is 0 Å². The van der Waals surface area contributed by atoms with Crippen LogP contribution in [0.3, 0.4) is 0 Å². The first-order valence-corrected chi connectivity index (χ1v) is 10.7. The highest BCUT2D eigenvalue weighted by Gasteiger charge is 2.29. The number of rotatable bonds is 3. The third-order valence-corrected chi connectivity index (χ3v) is 6.35. The number of fused-ring (bicyclic) bond motifs is 1. The predicted octanol–water partition coefficient (Wildman–Crippen LogP) is 2.95. The van der Waals surface area contributed by atoms with Crippen molar-refractivity contribution < 1.29 is 9.53 Å². The molecule has 9 nitrogen and oxygen atoms in total. The molecule has 0 aromatic carbocycles. The standard InChI is InChI=1S/C22H25N7O2/c1-14-25-17(13-27(14)2)20-16(12-23)19-18(6-7-24-21(19)26-20)28-8-10-29(11-9-28)22(30)31-15-4-3-5-15/h6-7,13,15H,3-5,8-11H2,1-2H3,(H,24,26). The van der Waals surface area contributed by atoms with Gasteiger partial charge in [-0.05, 0) is 32.3 Å². The Labute approximate surface area is 180 Å². The number of carbonyl (C=O) groups excluding carboxylic acids is 1. The van der Waals surface area contributed by atoms with E-state index in [0.717, 1.165) is 41.9 Å². The Kier molecular flexibility index (Phi) is 4.77. The van der Waals surface area contributed by atoms with Crippen molar-refractivity contribution in [3.05, 3.63) is 29.8 Å². The number of hydrogen-bond acceptors (Lipinski definition) is 6. The van der Waals surface area contributed by atoms with Crippen LogP contribution in [-0.4, -0.2) is 62.8 Å². The molecule has 5 rings (SSSR count). The Morgan fingerprint density at radius 3 is 2.68 bits per heavy atom. The third kappa shape index (κ3) is 3.38. The van der Waals surface area contributed by atoms with Crippen molar-refractivity contribution in [3.63, 3.8) is 0 Å². The molecule has 3 aromatic heterocycles. The second-order valence-electron chi connectivity index (χ2n) is 8.24. The highest BCUT2D eigenvalue weighted by atomic mass is 16.6. The number of amides is 1. The van der Waals surface area contributed by atoms with Crippen LogP contribution in [0.5, 0.6) is 0 Å². The van der Waals surface area contributed by atoms with Gasteiger partial charge >= 0.3 is 6.09 Å². The first-order valence-electron chi connectivity index (χ1n) is 10.7. The molecular formula is C22H25N7O2. The Balaban J connectivity index is 1.42. The average Bonchev–Trinajstić information content (AvgIpc) is 3.30. The van der Waals surface area contributed by atoms with Crippen molar-refractivity contribution in [1.82, 2.24) is 24.4 Å². The average molecular weight is 419 g/mol. The summed E-state index contributed by atoms with van der Waals surface area (Å²) in [5, 5.41) is 10.8. The van der Waals surface area contributed by atoms with Crippen molar-refractivity contribution in [1.29, 1.82) is 5.26 Å². The minimum Gasteiger partial charge on any atom is -0.446 e. The summed E-state index contributed by atoms with van der Waals surface area (Å²) < 4.78 is 7.47. The number of H-pyrrole nitrogens is 1. The maximum atomic E-state index is 12.4. The molecule has 3 aromatic rings. The summed E-state index contributed by atoms with van der Waals surface area (Å²) in [5.41, 5.74) is 3.57. The zero-order chi connectivity index (χ0) is 21.5. The van der Waals surface area contributed by atoms with Gasteiger partial charge in [-0.2, -0.15) is 5.26 Å². The molecule has 1 N–H and O–H groups in total. The van der Waals surface area contributed by atoms with Crippen LogP contribution in [0.1, 0.15) is 30.7 Å². The molecule has 1 saturated heterocycles. The van der Waals surface area contributed by atoms with Gasteiger partial charge in [0.25, 0.3) is 0 Å². The second kappa shape index (κ2) is 7.61. The number of imidazole rings is 1. The van der Waals surface area contributed by atoms with Crippen LogP contribution in [0.25, 0.3) is 22.4 Å². The third-order valence-electron chi connectivity index (χ3n) is 6.35. The number of nitrogens with zero attached hydrogens (tertiary/aromatic N) is 6. The zero-order valence-electron chi connectivity index (χ0n) is 17.8. The highest BCUT2D eigenvalue weighted by Crippen LogP contribution is 2.35. The number of aryl methyl sites for hydroxylation is 2. The van der Waals surface area contributed by atoms with Crippen molar-refractivity contribution in [2.45, 2.75) is 32.3 Å². The summed E-state index contributed by atoms with van der Waals surface area (Å²) in [4.78, 5) is 28.7. The number of carbonyl (C=O) groups is 1. The quantitative estimate of drug-likeness (QED) is 0.700. The fourth-order valence-electron chi connectivity index (χ4n) is 4.18. The van der Waals surface area contributed by atoms with E-state index >= 15 is 0 Å². The summed E-state index contributed by atoms with van der Waals surface area (Å²) >= 11 is 0. The molecular weight excluding hydrogens is 394 g/mol. The van der Waals surface area contributed by atoms with Gasteiger partial charge in [0, 0.05) is 45.6 Å². The van der Waals surface area contributed by atoms with Gasteiger partial charge in [-0.15, -0.1) is 0 Å². The fourth-order valence-corrected chi connectivity index (χ4v) is 4.18. The van der Waals surface area contributed by atoms with E-state index in [-0.39, 0.29) is 12.2 Å². The predicted molar refractivity (Wildman–Crippen MR) is 116 cm³/mol. The van der Waals surface area contributed by atoms with E-state index < -0.39 is 0 Å². The summed E-state index contributed by atoms with van der Waals surface area (Å²) in [6.07, 6.45) is 6.63. The number of piperazine rings is 1. The van der Waals surface area contributed by atoms with Crippen LogP contribution >= 0.6 is 0 Å². The van der Waals surface area contributed by atoms with Gasteiger partial charge in [0.15, 0.2) is 0 Å². The summed E-state index contributed by atoms with van der Waals surface area (Å²) in [7, 11) is 1.93. The first kappa shape index (κ1) is 19.4. The smallest absolute Gasteiger partial charge is 0.410 e. The van der Waals surface area contributed by atoms with Crippen molar-refractivity contribution in [2.75, 3.05) is 31.1 Å². The molecule has 0 atom stereocenters. The Morgan fingerprint density at radius 2 is 2.06 bits per heavy atom. The van der Waals surface area contributed by atoms with Gasteiger partial charge in [0.1, 0.15) is 29.3 Å². The lowest BCUT2D eigenvalue weighted by molar-refractivity contribution is 0.0260. The molecule has 1 aliphatic carbocycles. The summed E-state index contributed by atoms with van der Waals surface area (Å²) in [6, 6.07) is 4.29. The van der Waals surface area contributed by atoms with Crippen LogP contribution in [-0.2, 0) is 11.8 Å². The van der Waals surface area contributed by atoms with E-state index in [1.807, 2.05) is 30.8 Å². The van der Waals surface area contributed by atoms with Gasteiger partial charge in [-0.1, -0.05) is 0 Å². The Bertz CT molecular complexity index is 1160. The number of pyridine rings is 1. The van der Waals surface area contributed by atoms with Crippen LogP contribution < -0.4 is 4.90 Å². The minimum atomic E-state index is -0.212. The monoisotopic (exact) mass is 419 g/mol. The largest absolute Gasteiger partial charge is 0.446 e. The maximum Gasteiger partial charge on any atom is 0.410 e. The second-order valence-corrected chi connectivity index (χ2v) is 8.24. The minimum absolute atomic E-state index is 0.0945. The Hall–Kier alpha value is -3.54. The van der Waals surface area contributed by atoms with Crippen molar-refractivity contribution in [2.24, 2.45) is 7.05 Å². The molecule has 2 aliphatic rings. The molecule has 0 spiro atoms. The molecule has 31 heavy (non-hydrogen) atoms. The molecule has 9 heteroatoms. The molecule has 1 saturated carbocycles. The number of aromatic nitrogens is 4. The van der Waals surface area contributed by atoms with Gasteiger partial charge in [0.05, 0.1) is 22.3 Å². The lowest BCUT2D eigenvalue weighted by atomic mass is 9.96. The molecule has 0 radical (unpaired) electrons. The van der Waals surface area contributed by atoms with Crippen LogP contribution in [0.15, 0.2) is 18.5 Å². The van der Waals surface area contributed by atoms with Crippen LogP contribution in [0, 0.1) is 18.3 Å². The Morgan fingerprint density at radius 1 is 1.29 bits per heavy atom. The van der Waals surface area contributed by atoms with Crippen molar-refractivity contribution >= 4 is 22.8 Å². The van der Waals surface area contributed by atoms with E-state index in [1.165, 1.54) is 0 Å². The van der Waals surface area contributed by atoms with Gasteiger partial charge < -0.3 is 24.1 Å². The zero-order valence-corrected chi connectivity index (χ0v) is 17.8. The topological polar surface area (TPSA) is 103 Å². The highest BCUT2D eigenvalue weighted by molar-refractivity contribution is 5.99. The van der Waals surface area contributed by atoms with Gasteiger partial charge in [-0.25, -0.2) is 14.8 Å². The molecule has 1 aliphatic heterocycles. The lowest BCUT2D eigenvalue weighted by Gasteiger charge is -2.37. The van der Waals surface area contributed by atoms with Crippen LogP contribution in [0.2, 0.25) is 0 Å². The van der Waals surface area contributed by atoms with Gasteiger partial charge in [-0.3, -0.25) is 0 Å². The van der Waals surface area contributed by atoms with E-state index in [9.17, 15) is 10.1 Å². The number of nitrogens with one attached hydrogen (secondary N) is 1. The fraction of sp³-hybridized carbons (Fsp3) is 0.455. The van der Waals surface area contributed by atoms with E-state index in [0.29, 0.717) is 43.1 Å². The maximum absolute atomic E-state index is 12.4. The van der Waals surface area contributed by atoms with E-state index in [4.69, 9.17) is 4.74 Å². The molecule has 0 unspecified atom stereocenters. The van der Waals surface area contributed by atoms with Crippen LogP contribution in [0.4, 0.5) is 10.5 Å².